The minimum absolute atomic E-state index is 0.306. The van der Waals surface area contributed by atoms with E-state index in [1.165, 1.54) is 6.07 Å². The smallest absolute Gasteiger partial charge is 0.137 e. The summed E-state index contributed by atoms with van der Waals surface area (Å²) in [7, 11) is 0. The van der Waals surface area contributed by atoms with Crippen LogP contribution in [-0.2, 0) is 0 Å². The van der Waals surface area contributed by atoms with Gasteiger partial charge in [0.2, 0.25) is 0 Å². The first-order valence-electron chi connectivity index (χ1n) is 6.28. The van der Waals surface area contributed by atoms with E-state index in [0.717, 1.165) is 16.3 Å². The highest BCUT2D eigenvalue weighted by atomic mass is 79.9. The molecule has 0 aliphatic carbocycles. The molecule has 0 aliphatic heterocycles. The minimum Gasteiger partial charge on any atom is -0.384 e. The van der Waals surface area contributed by atoms with Crippen molar-refractivity contribution in [2.75, 3.05) is 0 Å². The topological polar surface area (TPSA) is 20.2 Å². The van der Waals surface area contributed by atoms with Crippen molar-refractivity contribution >= 4 is 26.7 Å². The number of hydrogen-bond donors (Lipinski definition) is 1. The van der Waals surface area contributed by atoms with E-state index in [2.05, 4.69) is 15.9 Å². The molecule has 1 unspecified atom stereocenters. The monoisotopic (exact) mass is 330 g/mol. The van der Waals surface area contributed by atoms with Crippen LogP contribution in [0.2, 0.25) is 0 Å². The molecule has 0 aromatic heterocycles. The molecule has 0 aliphatic rings. The van der Waals surface area contributed by atoms with Gasteiger partial charge in [0.25, 0.3) is 0 Å². The molecule has 1 N–H and O–H groups in total. The molecule has 100 valence electrons. The van der Waals surface area contributed by atoms with Gasteiger partial charge in [0.05, 0.1) is 4.47 Å². The number of benzene rings is 3. The summed E-state index contributed by atoms with van der Waals surface area (Å²) in [6.07, 6.45) is -0.869. The molecule has 20 heavy (non-hydrogen) atoms. The van der Waals surface area contributed by atoms with Gasteiger partial charge in [-0.2, -0.15) is 0 Å². The second-order valence-electron chi connectivity index (χ2n) is 4.61. The third-order valence-corrected chi connectivity index (χ3v) is 4.23. The van der Waals surface area contributed by atoms with Crippen molar-refractivity contribution in [3.05, 3.63) is 82.1 Å². The van der Waals surface area contributed by atoms with Crippen LogP contribution in [0.25, 0.3) is 10.8 Å². The van der Waals surface area contributed by atoms with Gasteiger partial charge in [-0.3, -0.25) is 0 Å². The number of hydrogen-bond acceptors (Lipinski definition) is 1. The normalized spacial score (nSPS) is 12.6. The largest absolute Gasteiger partial charge is 0.384 e. The summed E-state index contributed by atoms with van der Waals surface area (Å²) in [4.78, 5) is 0. The third-order valence-electron chi connectivity index (χ3n) is 3.39. The summed E-state index contributed by atoms with van der Waals surface area (Å²) in [5, 5.41) is 12.6. The van der Waals surface area contributed by atoms with Crippen LogP contribution >= 0.6 is 15.9 Å². The Morgan fingerprint density at radius 3 is 2.35 bits per heavy atom. The Morgan fingerprint density at radius 2 is 1.50 bits per heavy atom. The zero-order valence-corrected chi connectivity index (χ0v) is 12.1. The van der Waals surface area contributed by atoms with E-state index in [9.17, 15) is 9.50 Å². The number of aliphatic hydroxyl groups excluding tert-OH is 1. The first-order valence-corrected chi connectivity index (χ1v) is 7.07. The Kier molecular flexibility index (Phi) is 3.55. The fourth-order valence-electron chi connectivity index (χ4n) is 2.39. The minimum atomic E-state index is -0.869. The lowest BCUT2D eigenvalue weighted by Crippen LogP contribution is -2.02. The van der Waals surface area contributed by atoms with E-state index in [1.54, 1.807) is 12.1 Å². The van der Waals surface area contributed by atoms with E-state index < -0.39 is 6.10 Å². The summed E-state index contributed by atoms with van der Waals surface area (Å²) in [5.74, 6) is -0.373. The molecule has 3 heteroatoms. The second-order valence-corrected chi connectivity index (χ2v) is 5.41. The van der Waals surface area contributed by atoms with Crippen molar-refractivity contribution in [3.63, 3.8) is 0 Å². The lowest BCUT2D eigenvalue weighted by molar-refractivity contribution is 0.220. The summed E-state index contributed by atoms with van der Waals surface area (Å²) in [6, 6.07) is 18.3. The van der Waals surface area contributed by atoms with Crippen LogP contribution in [0.1, 0.15) is 17.2 Å². The molecular formula is C17H12BrFO. The van der Waals surface area contributed by atoms with Crippen LogP contribution in [0.4, 0.5) is 4.39 Å². The van der Waals surface area contributed by atoms with Crippen LogP contribution in [0.5, 0.6) is 0 Å². The van der Waals surface area contributed by atoms with Crippen LogP contribution in [0.3, 0.4) is 0 Å². The standard InChI is InChI=1S/C17H12BrFO/c18-16-14(9-4-10-15(16)19)17(20)13-8-3-6-11-5-1-2-7-12(11)13/h1-10,17,20H. The second kappa shape index (κ2) is 5.35. The fourth-order valence-corrected chi connectivity index (χ4v) is 2.87. The summed E-state index contributed by atoms with van der Waals surface area (Å²) < 4.78 is 13.9. The highest BCUT2D eigenvalue weighted by Crippen LogP contribution is 2.33. The van der Waals surface area contributed by atoms with Crippen molar-refractivity contribution in [1.82, 2.24) is 0 Å². The van der Waals surface area contributed by atoms with E-state index >= 15 is 0 Å². The summed E-state index contributed by atoms with van der Waals surface area (Å²) >= 11 is 3.21. The van der Waals surface area contributed by atoms with Gasteiger partial charge >= 0.3 is 0 Å². The van der Waals surface area contributed by atoms with Gasteiger partial charge < -0.3 is 5.11 Å². The Hall–Kier alpha value is -1.71. The zero-order valence-electron chi connectivity index (χ0n) is 10.6. The van der Waals surface area contributed by atoms with Crippen LogP contribution in [0, 0.1) is 5.82 Å². The summed E-state index contributed by atoms with van der Waals surface area (Å²) in [6.45, 7) is 0. The van der Waals surface area contributed by atoms with Crippen molar-refractivity contribution < 1.29 is 9.50 Å². The number of aliphatic hydroxyl groups is 1. The van der Waals surface area contributed by atoms with Gasteiger partial charge in [-0.15, -0.1) is 0 Å². The molecule has 0 spiro atoms. The molecule has 3 rings (SSSR count). The third kappa shape index (κ3) is 2.23. The molecule has 1 atom stereocenters. The molecule has 0 bridgehead atoms. The van der Waals surface area contributed by atoms with Gasteiger partial charge in [0.1, 0.15) is 11.9 Å². The molecule has 3 aromatic carbocycles. The van der Waals surface area contributed by atoms with E-state index in [1.807, 2.05) is 42.5 Å². The Labute approximate surface area is 124 Å². The molecule has 0 amide bonds. The lowest BCUT2D eigenvalue weighted by atomic mass is 9.96. The Balaban J connectivity index is 2.18. The number of rotatable bonds is 2. The maximum atomic E-state index is 13.6. The molecule has 3 aromatic rings. The number of fused-ring (bicyclic) bond motifs is 1. The first-order chi connectivity index (χ1) is 9.68. The van der Waals surface area contributed by atoms with E-state index in [0.29, 0.717) is 10.0 Å². The Bertz CT molecular complexity index is 765. The summed E-state index contributed by atoms with van der Waals surface area (Å²) in [5.41, 5.74) is 1.30. The predicted molar refractivity (Wildman–Crippen MR) is 82.1 cm³/mol. The van der Waals surface area contributed by atoms with Crippen molar-refractivity contribution in [3.8, 4) is 0 Å². The molecule has 0 radical (unpaired) electrons. The highest BCUT2D eigenvalue weighted by molar-refractivity contribution is 9.10. The van der Waals surface area contributed by atoms with Gasteiger partial charge in [0, 0.05) is 5.56 Å². The zero-order chi connectivity index (χ0) is 14.1. The van der Waals surface area contributed by atoms with Crippen molar-refractivity contribution in [2.24, 2.45) is 0 Å². The van der Waals surface area contributed by atoms with Crippen LogP contribution < -0.4 is 0 Å². The van der Waals surface area contributed by atoms with Crippen LogP contribution in [0.15, 0.2) is 65.1 Å². The van der Waals surface area contributed by atoms with Crippen LogP contribution in [-0.4, -0.2) is 5.11 Å². The van der Waals surface area contributed by atoms with Crippen molar-refractivity contribution in [2.45, 2.75) is 6.10 Å². The molecule has 0 fully saturated rings. The van der Waals surface area contributed by atoms with Gasteiger partial charge in [-0.25, -0.2) is 4.39 Å². The van der Waals surface area contributed by atoms with Gasteiger partial charge in [-0.1, -0.05) is 54.6 Å². The first kappa shape index (κ1) is 13.3. The molecule has 0 heterocycles. The van der Waals surface area contributed by atoms with E-state index in [4.69, 9.17) is 0 Å². The predicted octanol–water partition coefficient (Wildman–Crippen LogP) is 4.82. The SMILES string of the molecule is OC(c1cccc(F)c1Br)c1cccc2ccccc12. The van der Waals surface area contributed by atoms with Gasteiger partial charge in [-0.05, 0) is 38.3 Å². The average Bonchev–Trinajstić information content (AvgIpc) is 2.49. The van der Waals surface area contributed by atoms with Crippen molar-refractivity contribution in [1.29, 1.82) is 0 Å². The maximum absolute atomic E-state index is 13.6. The Morgan fingerprint density at radius 1 is 0.850 bits per heavy atom. The van der Waals surface area contributed by atoms with Gasteiger partial charge in [0.15, 0.2) is 0 Å². The molecular weight excluding hydrogens is 319 g/mol. The lowest BCUT2D eigenvalue weighted by Gasteiger charge is -2.16. The molecule has 0 saturated carbocycles. The fraction of sp³-hybridized carbons (Fsp3) is 0.0588. The highest BCUT2D eigenvalue weighted by Gasteiger charge is 2.17. The quantitative estimate of drug-likeness (QED) is 0.714. The maximum Gasteiger partial charge on any atom is 0.137 e. The van der Waals surface area contributed by atoms with E-state index in [-0.39, 0.29) is 5.82 Å². The molecule has 1 nitrogen and oxygen atoms in total. The number of halogens is 2. The average molecular weight is 331 g/mol. The molecule has 0 saturated heterocycles.